The molecule has 3 N–H and O–H groups in total. The molecule has 0 saturated heterocycles. The van der Waals surface area contributed by atoms with Crippen LogP contribution in [0.4, 0.5) is 29.2 Å². The molecule has 0 atom stereocenters. The van der Waals surface area contributed by atoms with Crippen LogP contribution in [0.3, 0.4) is 0 Å². The van der Waals surface area contributed by atoms with Gasteiger partial charge in [0.15, 0.2) is 0 Å². The van der Waals surface area contributed by atoms with E-state index in [0.717, 1.165) is 39.2 Å². The first-order valence-electron chi connectivity index (χ1n) is 12.4. The minimum absolute atomic E-state index is 0.108. The molecule has 37 heavy (non-hydrogen) atoms. The summed E-state index contributed by atoms with van der Waals surface area (Å²) in [5.74, 6) is 1.16. The second kappa shape index (κ2) is 10.8. The molecule has 0 aliphatic heterocycles. The second-order valence-electron chi connectivity index (χ2n) is 10.6. The summed E-state index contributed by atoms with van der Waals surface area (Å²) >= 11 is 0. The van der Waals surface area contributed by atoms with Gasteiger partial charge in [-0.1, -0.05) is 57.2 Å². The summed E-state index contributed by atoms with van der Waals surface area (Å²) in [7, 11) is 0. The van der Waals surface area contributed by atoms with Crippen molar-refractivity contribution < 1.29 is 0 Å². The van der Waals surface area contributed by atoms with E-state index < -0.39 is 0 Å². The molecule has 1 heterocycles. The summed E-state index contributed by atoms with van der Waals surface area (Å²) in [4.78, 5) is 13.7. The number of aromatic nitrogens is 3. The lowest BCUT2D eigenvalue weighted by atomic mass is 9.87. The molecule has 0 radical (unpaired) electrons. The van der Waals surface area contributed by atoms with Gasteiger partial charge in [-0.15, -0.1) is 0 Å². The van der Waals surface area contributed by atoms with Gasteiger partial charge in [0.2, 0.25) is 17.8 Å². The molecular formula is C30H35N7. The van der Waals surface area contributed by atoms with Crippen LogP contribution in [-0.2, 0) is 5.41 Å². The largest absolute Gasteiger partial charge is 0.324 e. The highest BCUT2D eigenvalue weighted by molar-refractivity contribution is 5.80. The van der Waals surface area contributed by atoms with Crippen molar-refractivity contribution in [2.75, 3.05) is 16.1 Å². The van der Waals surface area contributed by atoms with Gasteiger partial charge in [-0.05, 0) is 90.8 Å². The molecule has 190 valence electrons. The van der Waals surface area contributed by atoms with E-state index in [1.807, 2.05) is 0 Å². The average Bonchev–Trinajstić information content (AvgIpc) is 2.77. The third-order valence-corrected chi connectivity index (χ3v) is 5.75. The van der Waals surface area contributed by atoms with Crippen LogP contribution in [-0.4, -0.2) is 21.2 Å². The van der Waals surface area contributed by atoms with Crippen molar-refractivity contribution in [1.82, 2.24) is 15.0 Å². The predicted molar refractivity (Wildman–Crippen MR) is 155 cm³/mol. The van der Waals surface area contributed by atoms with Gasteiger partial charge in [0.25, 0.3) is 0 Å². The molecule has 0 unspecified atom stereocenters. The van der Waals surface area contributed by atoms with Crippen LogP contribution >= 0.6 is 0 Å². The standard InChI is InChI=1S/C30H35N7/c1-19-12-20(2)15-25(14-19)32-27-34-28(33-26-16-21(3)13-22(4)17-26)36-29(35-27)37-31-18-23-8-10-24(11-9-23)30(5,6)7/h8-18H,1-7H3,(H3,32,33,34,35,36,37)/b31-18-. The van der Waals surface area contributed by atoms with Crippen LogP contribution < -0.4 is 16.1 Å². The lowest BCUT2D eigenvalue weighted by Crippen LogP contribution is -2.10. The Hall–Kier alpha value is -4.26. The third kappa shape index (κ3) is 7.36. The number of hydrazone groups is 1. The smallest absolute Gasteiger partial charge is 0.250 e. The van der Waals surface area contributed by atoms with Gasteiger partial charge in [0.1, 0.15) is 0 Å². The summed E-state index contributed by atoms with van der Waals surface area (Å²) in [6.45, 7) is 14.9. The normalized spacial score (nSPS) is 11.5. The Bertz CT molecular complexity index is 1310. The quantitative estimate of drug-likeness (QED) is 0.184. The van der Waals surface area contributed by atoms with Crippen molar-refractivity contribution in [1.29, 1.82) is 0 Å². The van der Waals surface area contributed by atoms with Crippen molar-refractivity contribution in [3.63, 3.8) is 0 Å². The Labute approximate surface area is 219 Å². The number of rotatable bonds is 7. The molecule has 7 nitrogen and oxygen atoms in total. The zero-order chi connectivity index (χ0) is 26.6. The first-order chi connectivity index (χ1) is 17.5. The van der Waals surface area contributed by atoms with Gasteiger partial charge in [0.05, 0.1) is 6.21 Å². The molecule has 0 aliphatic rings. The van der Waals surface area contributed by atoms with Crippen LogP contribution in [0.25, 0.3) is 0 Å². The molecule has 4 rings (SSSR count). The van der Waals surface area contributed by atoms with Gasteiger partial charge in [-0.3, -0.25) is 0 Å². The molecule has 0 saturated carbocycles. The molecule has 0 aliphatic carbocycles. The van der Waals surface area contributed by atoms with E-state index in [9.17, 15) is 0 Å². The maximum Gasteiger partial charge on any atom is 0.250 e. The van der Waals surface area contributed by atoms with E-state index in [1.165, 1.54) is 5.56 Å². The Morgan fingerprint density at radius 2 is 1.05 bits per heavy atom. The van der Waals surface area contributed by atoms with E-state index in [4.69, 9.17) is 0 Å². The lowest BCUT2D eigenvalue weighted by molar-refractivity contribution is 0.590. The SMILES string of the molecule is Cc1cc(C)cc(Nc2nc(N/N=C\c3ccc(C(C)(C)C)cc3)nc(Nc3cc(C)cc(C)c3)n2)c1. The van der Waals surface area contributed by atoms with Gasteiger partial charge in [0, 0.05) is 11.4 Å². The van der Waals surface area contributed by atoms with E-state index in [2.05, 4.69) is 145 Å². The highest BCUT2D eigenvalue weighted by Gasteiger charge is 2.12. The number of anilines is 5. The fourth-order valence-electron chi connectivity index (χ4n) is 4.12. The van der Waals surface area contributed by atoms with Crippen molar-refractivity contribution in [3.8, 4) is 0 Å². The number of benzene rings is 3. The molecule has 4 aromatic rings. The van der Waals surface area contributed by atoms with E-state index >= 15 is 0 Å². The van der Waals surface area contributed by atoms with Crippen molar-refractivity contribution >= 4 is 35.4 Å². The highest BCUT2D eigenvalue weighted by atomic mass is 15.4. The Kier molecular flexibility index (Phi) is 7.53. The van der Waals surface area contributed by atoms with Crippen molar-refractivity contribution in [2.24, 2.45) is 5.10 Å². The third-order valence-electron chi connectivity index (χ3n) is 5.75. The Morgan fingerprint density at radius 1 is 0.622 bits per heavy atom. The fourth-order valence-corrected chi connectivity index (χ4v) is 4.12. The van der Waals surface area contributed by atoms with Crippen molar-refractivity contribution in [3.05, 3.63) is 94.0 Å². The van der Waals surface area contributed by atoms with Crippen LogP contribution in [0.2, 0.25) is 0 Å². The summed E-state index contributed by atoms with van der Waals surface area (Å²) in [6.07, 6.45) is 1.75. The monoisotopic (exact) mass is 493 g/mol. The first-order valence-corrected chi connectivity index (χ1v) is 12.4. The summed E-state index contributed by atoms with van der Waals surface area (Å²) < 4.78 is 0. The summed E-state index contributed by atoms with van der Waals surface area (Å²) in [5.41, 5.74) is 11.8. The summed E-state index contributed by atoms with van der Waals surface area (Å²) in [5, 5.41) is 11.0. The molecule has 1 aromatic heterocycles. The fraction of sp³-hybridized carbons (Fsp3) is 0.267. The molecule has 3 aromatic carbocycles. The maximum absolute atomic E-state index is 4.61. The van der Waals surface area contributed by atoms with Crippen LogP contribution in [0.15, 0.2) is 65.8 Å². The predicted octanol–water partition coefficient (Wildman–Crippen LogP) is 7.34. The van der Waals surface area contributed by atoms with E-state index in [0.29, 0.717) is 17.8 Å². The zero-order valence-corrected chi connectivity index (χ0v) is 22.6. The first kappa shape index (κ1) is 25.8. The molecular weight excluding hydrogens is 458 g/mol. The summed E-state index contributed by atoms with van der Waals surface area (Å²) in [6, 6.07) is 20.8. The maximum atomic E-state index is 4.61. The van der Waals surface area contributed by atoms with Crippen LogP contribution in [0.5, 0.6) is 0 Å². The number of nitrogens with zero attached hydrogens (tertiary/aromatic N) is 4. The second-order valence-corrected chi connectivity index (χ2v) is 10.6. The van der Waals surface area contributed by atoms with Gasteiger partial charge in [-0.2, -0.15) is 20.1 Å². The molecule has 0 spiro atoms. The minimum atomic E-state index is 0.108. The van der Waals surface area contributed by atoms with Crippen LogP contribution in [0, 0.1) is 27.7 Å². The van der Waals surface area contributed by atoms with Crippen LogP contribution in [0.1, 0.15) is 54.2 Å². The Balaban J connectivity index is 1.59. The Morgan fingerprint density at radius 3 is 1.49 bits per heavy atom. The number of hydrogen-bond donors (Lipinski definition) is 3. The number of aryl methyl sites for hydroxylation is 4. The van der Waals surface area contributed by atoms with E-state index in [1.54, 1.807) is 6.21 Å². The molecule has 7 heteroatoms. The topological polar surface area (TPSA) is 87.1 Å². The highest BCUT2D eigenvalue weighted by Crippen LogP contribution is 2.23. The van der Waals surface area contributed by atoms with Gasteiger partial charge >= 0.3 is 0 Å². The number of nitrogens with one attached hydrogen (secondary N) is 3. The molecule has 0 bridgehead atoms. The van der Waals surface area contributed by atoms with Gasteiger partial charge < -0.3 is 10.6 Å². The number of hydrogen-bond acceptors (Lipinski definition) is 7. The van der Waals surface area contributed by atoms with Crippen molar-refractivity contribution in [2.45, 2.75) is 53.9 Å². The molecule has 0 fully saturated rings. The van der Waals surface area contributed by atoms with Gasteiger partial charge in [-0.25, -0.2) is 5.43 Å². The van der Waals surface area contributed by atoms with E-state index in [-0.39, 0.29) is 5.41 Å². The average molecular weight is 494 g/mol. The zero-order valence-electron chi connectivity index (χ0n) is 22.6. The molecule has 0 amide bonds. The lowest BCUT2D eigenvalue weighted by Gasteiger charge is -2.18. The minimum Gasteiger partial charge on any atom is -0.324 e.